The van der Waals surface area contributed by atoms with Gasteiger partial charge in [-0.1, -0.05) is 26.0 Å². The van der Waals surface area contributed by atoms with Crippen LogP contribution in [0.5, 0.6) is 0 Å². The summed E-state index contributed by atoms with van der Waals surface area (Å²) in [5.74, 6) is -0.227. The molecule has 2 aromatic rings. The minimum atomic E-state index is -0.257. The molecule has 2 atom stereocenters. The molecule has 0 heterocycles. The van der Waals surface area contributed by atoms with Gasteiger partial charge in [-0.05, 0) is 68.1 Å². The summed E-state index contributed by atoms with van der Waals surface area (Å²) in [6, 6.07) is 15.8. The molecule has 154 valence electrons. The van der Waals surface area contributed by atoms with E-state index in [4.69, 9.17) is 0 Å². The molecule has 0 saturated heterocycles. The molecule has 1 aliphatic carbocycles. The number of carbonyl (C=O) groups is 2. The standard InChI is InChI=1S/C24H31N3O2/c1-5-27(6-2)20-13-11-19(12-14-20)26-24(29)22-15-21(22)23(28)25-18-9-7-17(8-10-18)16(3)4/h7-14,16,21-22H,5-6,15H2,1-4H3,(H,25,28)(H,26,29). The van der Waals surface area contributed by atoms with E-state index in [-0.39, 0.29) is 23.7 Å². The van der Waals surface area contributed by atoms with Gasteiger partial charge >= 0.3 is 0 Å². The highest BCUT2D eigenvalue weighted by Crippen LogP contribution is 2.40. The topological polar surface area (TPSA) is 61.4 Å². The monoisotopic (exact) mass is 393 g/mol. The zero-order valence-corrected chi connectivity index (χ0v) is 17.7. The minimum Gasteiger partial charge on any atom is -0.372 e. The first-order valence-electron chi connectivity index (χ1n) is 10.5. The number of nitrogens with one attached hydrogen (secondary N) is 2. The second-order valence-corrected chi connectivity index (χ2v) is 7.92. The lowest BCUT2D eigenvalue weighted by molar-refractivity contribution is -0.122. The van der Waals surface area contributed by atoms with Crippen LogP contribution < -0.4 is 15.5 Å². The quantitative estimate of drug-likeness (QED) is 0.673. The van der Waals surface area contributed by atoms with Gasteiger partial charge in [0.25, 0.3) is 0 Å². The number of benzene rings is 2. The van der Waals surface area contributed by atoms with Crippen LogP contribution in [0, 0.1) is 11.8 Å². The van der Waals surface area contributed by atoms with Crippen LogP contribution in [0.15, 0.2) is 48.5 Å². The third kappa shape index (κ3) is 5.17. The number of anilines is 3. The fraction of sp³-hybridized carbons (Fsp3) is 0.417. The molecule has 29 heavy (non-hydrogen) atoms. The molecule has 1 saturated carbocycles. The van der Waals surface area contributed by atoms with E-state index < -0.39 is 0 Å². The van der Waals surface area contributed by atoms with E-state index in [0.29, 0.717) is 12.3 Å². The van der Waals surface area contributed by atoms with E-state index in [2.05, 4.69) is 43.2 Å². The molecule has 2 N–H and O–H groups in total. The predicted octanol–water partition coefficient (Wildman–Crippen LogP) is 4.87. The molecule has 1 aliphatic rings. The molecule has 2 amide bonds. The maximum atomic E-state index is 12.5. The van der Waals surface area contributed by atoms with Crippen molar-refractivity contribution in [1.82, 2.24) is 0 Å². The summed E-state index contributed by atoms with van der Waals surface area (Å²) >= 11 is 0. The van der Waals surface area contributed by atoms with Crippen molar-refractivity contribution >= 4 is 28.9 Å². The van der Waals surface area contributed by atoms with Crippen LogP contribution in [0.25, 0.3) is 0 Å². The minimum absolute atomic E-state index is 0.0840. The zero-order valence-electron chi connectivity index (χ0n) is 17.7. The normalized spacial score (nSPS) is 17.7. The van der Waals surface area contributed by atoms with Gasteiger partial charge in [0.2, 0.25) is 11.8 Å². The van der Waals surface area contributed by atoms with Crippen LogP contribution in [0.1, 0.15) is 45.6 Å². The lowest BCUT2D eigenvalue weighted by Crippen LogP contribution is -2.22. The summed E-state index contributed by atoms with van der Waals surface area (Å²) in [6.45, 7) is 10.4. The summed E-state index contributed by atoms with van der Waals surface area (Å²) in [7, 11) is 0. The largest absolute Gasteiger partial charge is 0.372 e. The number of hydrogen-bond acceptors (Lipinski definition) is 3. The number of nitrogens with zero attached hydrogens (tertiary/aromatic N) is 1. The molecular formula is C24H31N3O2. The number of carbonyl (C=O) groups excluding carboxylic acids is 2. The highest BCUT2D eigenvalue weighted by molar-refractivity contribution is 6.03. The average molecular weight is 394 g/mol. The number of amides is 2. The molecule has 0 aliphatic heterocycles. The van der Waals surface area contributed by atoms with E-state index >= 15 is 0 Å². The van der Waals surface area contributed by atoms with Gasteiger partial charge in [-0.15, -0.1) is 0 Å². The predicted molar refractivity (Wildman–Crippen MR) is 119 cm³/mol. The van der Waals surface area contributed by atoms with Gasteiger partial charge in [0.1, 0.15) is 0 Å². The van der Waals surface area contributed by atoms with Crippen LogP contribution in [0.4, 0.5) is 17.1 Å². The highest BCUT2D eigenvalue weighted by atomic mass is 16.2. The van der Waals surface area contributed by atoms with E-state index in [1.165, 1.54) is 5.56 Å². The maximum absolute atomic E-state index is 12.5. The van der Waals surface area contributed by atoms with E-state index in [1.807, 2.05) is 48.5 Å². The molecule has 3 rings (SSSR count). The Labute approximate surface area is 173 Å². The van der Waals surface area contributed by atoms with Gasteiger partial charge in [-0.25, -0.2) is 0 Å². The third-order valence-electron chi connectivity index (χ3n) is 5.57. The Morgan fingerprint density at radius 1 is 0.862 bits per heavy atom. The first kappa shape index (κ1) is 20.9. The van der Waals surface area contributed by atoms with Crippen molar-refractivity contribution in [3.63, 3.8) is 0 Å². The van der Waals surface area contributed by atoms with Gasteiger partial charge in [-0.3, -0.25) is 9.59 Å². The second-order valence-electron chi connectivity index (χ2n) is 7.92. The van der Waals surface area contributed by atoms with Crippen molar-refractivity contribution < 1.29 is 9.59 Å². The molecule has 0 bridgehead atoms. The second kappa shape index (κ2) is 9.12. The average Bonchev–Trinajstić information content (AvgIpc) is 3.52. The Kier molecular flexibility index (Phi) is 6.57. The SMILES string of the molecule is CCN(CC)c1ccc(NC(=O)C2CC2C(=O)Nc2ccc(C(C)C)cc2)cc1. The summed E-state index contributed by atoms with van der Waals surface area (Å²) in [4.78, 5) is 27.2. The Morgan fingerprint density at radius 2 is 1.31 bits per heavy atom. The van der Waals surface area contributed by atoms with Crippen LogP contribution in [-0.4, -0.2) is 24.9 Å². The molecule has 2 aromatic carbocycles. The van der Waals surface area contributed by atoms with E-state index in [1.54, 1.807) is 0 Å². The summed E-state index contributed by atoms with van der Waals surface area (Å²) in [6.07, 6.45) is 0.597. The highest BCUT2D eigenvalue weighted by Gasteiger charge is 2.48. The van der Waals surface area contributed by atoms with Crippen molar-refractivity contribution in [1.29, 1.82) is 0 Å². The molecule has 0 aromatic heterocycles. The van der Waals surface area contributed by atoms with Crippen LogP contribution in [0.3, 0.4) is 0 Å². The maximum Gasteiger partial charge on any atom is 0.228 e. The fourth-order valence-corrected chi connectivity index (χ4v) is 3.54. The molecule has 2 unspecified atom stereocenters. The van der Waals surface area contributed by atoms with Crippen molar-refractivity contribution in [2.24, 2.45) is 11.8 Å². The third-order valence-corrected chi connectivity index (χ3v) is 5.57. The van der Waals surface area contributed by atoms with E-state index in [9.17, 15) is 9.59 Å². The fourth-order valence-electron chi connectivity index (χ4n) is 3.54. The first-order chi connectivity index (χ1) is 13.9. The molecule has 5 heteroatoms. The Morgan fingerprint density at radius 3 is 1.72 bits per heavy atom. The number of rotatable bonds is 8. The van der Waals surface area contributed by atoms with Crippen LogP contribution in [0.2, 0.25) is 0 Å². The van der Waals surface area contributed by atoms with Crippen molar-refractivity contribution in [2.75, 3.05) is 28.6 Å². The van der Waals surface area contributed by atoms with Crippen LogP contribution >= 0.6 is 0 Å². The Balaban J connectivity index is 1.51. The van der Waals surface area contributed by atoms with Crippen molar-refractivity contribution in [3.8, 4) is 0 Å². The van der Waals surface area contributed by atoms with Crippen molar-refractivity contribution in [3.05, 3.63) is 54.1 Å². The molecule has 1 fully saturated rings. The van der Waals surface area contributed by atoms with Gasteiger partial charge in [0.05, 0.1) is 11.8 Å². The lowest BCUT2D eigenvalue weighted by atomic mass is 10.0. The molecular weight excluding hydrogens is 362 g/mol. The van der Waals surface area contributed by atoms with Gasteiger partial charge < -0.3 is 15.5 Å². The van der Waals surface area contributed by atoms with Crippen molar-refractivity contribution in [2.45, 2.75) is 40.0 Å². The summed E-state index contributed by atoms with van der Waals surface area (Å²) in [5, 5.41) is 5.86. The van der Waals surface area contributed by atoms with Gasteiger partial charge in [0, 0.05) is 30.2 Å². The lowest BCUT2D eigenvalue weighted by Gasteiger charge is -2.21. The van der Waals surface area contributed by atoms with Gasteiger partial charge in [-0.2, -0.15) is 0 Å². The summed E-state index contributed by atoms with van der Waals surface area (Å²) < 4.78 is 0. The Bertz CT molecular complexity index is 839. The molecule has 0 spiro atoms. The first-order valence-corrected chi connectivity index (χ1v) is 10.5. The summed E-state index contributed by atoms with van der Waals surface area (Å²) in [5.41, 5.74) is 3.91. The van der Waals surface area contributed by atoms with Gasteiger partial charge in [0.15, 0.2) is 0 Å². The number of hydrogen-bond donors (Lipinski definition) is 2. The van der Waals surface area contributed by atoms with E-state index in [0.717, 1.165) is 30.2 Å². The molecule has 0 radical (unpaired) electrons. The Hall–Kier alpha value is -2.82. The van der Waals surface area contributed by atoms with Crippen LogP contribution in [-0.2, 0) is 9.59 Å². The zero-order chi connectivity index (χ0) is 21.0. The molecule has 5 nitrogen and oxygen atoms in total. The smallest absolute Gasteiger partial charge is 0.228 e.